The van der Waals surface area contributed by atoms with Crippen molar-refractivity contribution in [1.29, 1.82) is 0 Å². The van der Waals surface area contributed by atoms with Crippen molar-refractivity contribution < 1.29 is 0 Å². The van der Waals surface area contributed by atoms with Gasteiger partial charge in [0.25, 0.3) is 0 Å². The Morgan fingerprint density at radius 2 is 1.75 bits per heavy atom. The first-order valence-corrected chi connectivity index (χ1v) is 8.31. The average molecular weight is 294 g/mol. The van der Waals surface area contributed by atoms with E-state index >= 15 is 0 Å². The number of halogens is 1. The number of hydrogen-bond acceptors (Lipinski definition) is 1. The number of nitrogens with one attached hydrogen (secondary N) is 1. The Hall–Kier alpha value is -0.530. The maximum atomic E-state index is 5.98. The van der Waals surface area contributed by atoms with Gasteiger partial charge in [-0.15, -0.1) is 0 Å². The van der Waals surface area contributed by atoms with Gasteiger partial charge >= 0.3 is 0 Å². The molecule has 1 nitrogen and oxygen atoms in total. The molecule has 0 aliphatic heterocycles. The molecule has 2 heteroatoms. The summed E-state index contributed by atoms with van der Waals surface area (Å²) < 4.78 is 0. The molecule has 1 aliphatic carbocycles. The zero-order chi connectivity index (χ0) is 14.6. The van der Waals surface area contributed by atoms with Gasteiger partial charge in [0.2, 0.25) is 0 Å². The lowest BCUT2D eigenvalue weighted by Gasteiger charge is -2.29. The summed E-state index contributed by atoms with van der Waals surface area (Å²) in [6, 6.07) is 8.39. The first kappa shape index (κ1) is 15.9. The molecule has 1 atom stereocenters. The van der Waals surface area contributed by atoms with E-state index in [-0.39, 0.29) is 5.54 Å². The molecule has 0 amide bonds. The van der Waals surface area contributed by atoms with Gasteiger partial charge in [0, 0.05) is 10.6 Å². The molecule has 1 unspecified atom stereocenters. The summed E-state index contributed by atoms with van der Waals surface area (Å²) in [5, 5.41) is 4.54. The van der Waals surface area contributed by atoms with E-state index in [1.54, 1.807) is 0 Å². The van der Waals surface area contributed by atoms with Crippen LogP contribution in [0.5, 0.6) is 0 Å². The van der Waals surface area contributed by atoms with Crippen molar-refractivity contribution >= 4 is 11.6 Å². The minimum Gasteiger partial charge on any atom is -0.312 e. The zero-order valence-corrected chi connectivity index (χ0v) is 13.8. The van der Waals surface area contributed by atoms with E-state index in [0.29, 0.717) is 0 Å². The fourth-order valence-corrected chi connectivity index (χ4v) is 3.32. The summed E-state index contributed by atoms with van der Waals surface area (Å²) in [6.07, 6.45) is 6.81. The van der Waals surface area contributed by atoms with Gasteiger partial charge in [0.05, 0.1) is 0 Å². The van der Waals surface area contributed by atoms with Crippen LogP contribution in [0.3, 0.4) is 0 Å². The second-order valence-electron chi connectivity index (χ2n) is 7.27. The Kier molecular flexibility index (Phi) is 5.51. The Balaban J connectivity index is 1.99. The van der Waals surface area contributed by atoms with Gasteiger partial charge in [-0.1, -0.05) is 49.4 Å². The summed E-state index contributed by atoms with van der Waals surface area (Å²) in [7, 11) is 0. The highest BCUT2D eigenvalue weighted by molar-refractivity contribution is 6.30. The Morgan fingerprint density at radius 1 is 1.15 bits per heavy atom. The molecule has 0 heterocycles. The lowest BCUT2D eigenvalue weighted by atomic mass is 9.85. The molecule has 1 saturated carbocycles. The summed E-state index contributed by atoms with van der Waals surface area (Å²) in [4.78, 5) is 0. The van der Waals surface area contributed by atoms with Crippen molar-refractivity contribution in [2.75, 3.05) is 6.54 Å². The van der Waals surface area contributed by atoms with Crippen LogP contribution in [0.2, 0.25) is 5.02 Å². The van der Waals surface area contributed by atoms with Gasteiger partial charge in [-0.25, -0.2) is 0 Å². The SMILES string of the molecule is CC(C)(C)NCC(Cc1ccc(Cl)cc1)C1CCCC1. The molecule has 112 valence electrons. The van der Waals surface area contributed by atoms with Gasteiger partial charge in [0.15, 0.2) is 0 Å². The molecule has 0 radical (unpaired) electrons. The fourth-order valence-electron chi connectivity index (χ4n) is 3.19. The minimum atomic E-state index is 0.205. The van der Waals surface area contributed by atoms with Gasteiger partial charge < -0.3 is 5.32 Å². The second kappa shape index (κ2) is 6.95. The predicted octanol–water partition coefficient (Wildman–Crippen LogP) is 5.08. The Bertz CT molecular complexity index is 398. The van der Waals surface area contributed by atoms with E-state index in [2.05, 4.69) is 38.2 Å². The third-order valence-corrected chi connectivity index (χ3v) is 4.62. The van der Waals surface area contributed by atoms with Gasteiger partial charge in [0.1, 0.15) is 0 Å². The third-order valence-electron chi connectivity index (χ3n) is 4.37. The molecular weight excluding hydrogens is 266 g/mol. The average Bonchev–Trinajstić information content (AvgIpc) is 2.89. The first-order chi connectivity index (χ1) is 9.44. The van der Waals surface area contributed by atoms with E-state index in [4.69, 9.17) is 11.6 Å². The quantitative estimate of drug-likeness (QED) is 0.798. The number of benzene rings is 1. The number of rotatable bonds is 5. The topological polar surface area (TPSA) is 12.0 Å². The second-order valence-corrected chi connectivity index (χ2v) is 7.70. The van der Waals surface area contributed by atoms with E-state index in [0.717, 1.165) is 23.4 Å². The molecule has 0 aromatic heterocycles. The van der Waals surface area contributed by atoms with Crippen molar-refractivity contribution in [2.24, 2.45) is 11.8 Å². The number of hydrogen-bond donors (Lipinski definition) is 1. The summed E-state index contributed by atoms with van der Waals surface area (Å²) >= 11 is 5.98. The van der Waals surface area contributed by atoms with Crippen molar-refractivity contribution in [2.45, 2.75) is 58.4 Å². The van der Waals surface area contributed by atoms with Crippen molar-refractivity contribution in [3.63, 3.8) is 0 Å². The molecule has 1 aromatic carbocycles. The molecule has 0 bridgehead atoms. The molecule has 2 rings (SSSR count). The molecule has 0 spiro atoms. The smallest absolute Gasteiger partial charge is 0.0406 e. The van der Waals surface area contributed by atoms with E-state index in [1.807, 2.05) is 12.1 Å². The van der Waals surface area contributed by atoms with Gasteiger partial charge in [-0.2, -0.15) is 0 Å². The molecular formula is C18H28ClN. The van der Waals surface area contributed by atoms with Crippen LogP contribution in [0, 0.1) is 11.8 Å². The van der Waals surface area contributed by atoms with E-state index in [9.17, 15) is 0 Å². The van der Waals surface area contributed by atoms with E-state index < -0.39 is 0 Å². The highest BCUT2D eigenvalue weighted by atomic mass is 35.5. The lowest BCUT2D eigenvalue weighted by Crippen LogP contribution is -2.41. The zero-order valence-electron chi connectivity index (χ0n) is 13.1. The van der Waals surface area contributed by atoms with Gasteiger partial charge in [-0.3, -0.25) is 0 Å². The fraction of sp³-hybridized carbons (Fsp3) is 0.667. The summed E-state index contributed by atoms with van der Waals surface area (Å²) in [5.74, 6) is 1.64. The maximum absolute atomic E-state index is 5.98. The van der Waals surface area contributed by atoms with Crippen LogP contribution in [0.4, 0.5) is 0 Å². The normalized spacial score (nSPS) is 18.4. The lowest BCUT2D eigenvalue weighted by molar-refractivity contribution is 0.286. The van der Waals surface area contributed by atoms with Crippen LogP contribution in [0.25, 0.3) is 0 Å². The Morgan fingerprint density at radius 3 is 2.30 bits per heavy atom. The molecule has 1 N–H and O–H groups in total. The molecule has 20 heavy (non-hydrogen) atoms. The minimum absolute atomic E-state index is 0.205. The molecule has 1 fully saturated rings. The highest BCUT2D eigenvalue weighted by Gasteiger charge is 2.26. The van der Waals surface area contributed by atoms with Crippen LogP contribution >= 0.6 is 11.6 Å². The highest BCUT2D eigenvalue weighted by Crippen LogP contribution is 2.33. The molecule has 1 aliphatic rings. The predicted molar refractivity (Wildman–Crippen MR) is 88.4 cm³/mol. The van der Waals surface area contributed by atoms with Crippen molar-refractivity contribution in [1.82, 2.24) is 5.32 Å². The van der Waals surface area contributed by atoms with Crippen LogP contribution < -0.4 is 5.32 Å². The van der Waals surface area contributed by atoms with Gasteiger partial charge in [-0.05, 0) is 63.3 Å². The monoisotopic (exact) mass is 293 g/mol. The van der Waals surface area contributed by atoms with Crippen molar-refractivity contribution in [3.05, 3.63) is 34.9 Å². The summed E-state index contributed by atoms with van der Waals surface area (Å²) in [6.45, 7) is 7.87. The first-order valence-electron chi connectivity index (χ1n) is 7.93. The maximum Gasteiger partial charge on any atom is 0.0406 e. The van der Waals surface area contributed by atoms with Crippen LogP contribution in [0.15, 0.2) is 24.3 Å². The Labute approximate surface area is 129 Å². The standard InChI is InChI=1S/C18H28ClN/c1-18(2,3)20-13-16(15-6-4-5-7-15)12-14-8-10-17(19)11-9-14/h8-11,15-16,20H,4-7,12-13H2,1-3H3. The van der Waals surface area contributed by atoms with Crippen LogP contribution in [0.1, 0.15) is 52.0 Å². The third kappa shape index (κ3) is 5.10. The molecule has 0 saturated heterocycles. The largest absolute Gasteiger partial charge is 0.312 e. The van der Waals surface area contributed by atoms with Crippen LogP contribution in [-0.4, -0.2) is 12.1 Å². The van der Waals surface area contributed by atoms with Crippen LogP contribution in [-0.2, 0) is 6.42 Å². The van der Waals surface area contributed by atoms with E-state index in [1.165, 1.54) is 37.7 Å². The molecule has 1 aromatic rings. The van der Waals surface area contributed by atoms with Crippen molar-refractivity contribution in [3.8, 4) is 0 Å². The summed E-state index contributed by atoms with van der Waals surface area (Å²) in [5.41, 5.74) is 1.62.